The summed E-state index contributed by atoms with van der Waals surface area (Å²) in [6, 6.07) is 1.05. The van der Waals surface area contributed by atoms with Crippen molar-refractivity contribution in [3.63, 3.8) is 0 Å². The summed E-state index contributed by atoms with van der Waals surface area (Å²) < 4.78 is 0. The van der Waals surface area contributed by atoms with Crippen LogP contribution in [0.4, 0.5) is 0 Å². The van der Waals surface area contributed by atoms with Crippen LogP contribution in [-0.2, 0) is 19.2 Å². The average molecular weight is 637 g/mol. The first-order valence-electron chi connectivity index (χ1n) is 15.6. The summed E-state index contributed by atoms with van der Waals surface area (Å²) in [6.45, 7) is 26.2. The first kappa shape index (κ1) is 47.5. The zero-order chi connectivity index (χ0) is 33.9. The number of carbonyl (C=O) groups excluding carboxylic acids is 4. The summed E-state index contributed by atoms with van der Waals surface area (Å²) in [5, 5.41) is 11.6. The maximum absolute atomic E-state index is 11.2. The van der Waals surface area contributed by atoms with Crippen molar-refractivity contribution in [3.8, 4) is 0 Å². The Hall–Kier alpha value is -1.42. The van der Waals surface area contributed by atoms with Crippen molar-refractivity contribution >= 4 is 48.9 Å². The van der Waals surface area contributed by atoms with Crippen LogP contribution in [0.5, 0.6) is 0 Å². The van der Waals surface area contributed by atoms with Gasteiger partial charge in [-0.2, -0.15) is 25.3 Å². The lowest BCUT2D eigenvalue weighted by Gasteiger charge is -2.17. The van der Waals surface area contributed by atoms with Gasteiger partial charge in [-0.3, -0.25) is 19.2 Å². The third-order valence-corrected chi connectivity index (χ3v) is 5.30. The Labute approximate surface area is 270 Å². The summed E-state index contributed by atoms with van der Waals surface area (Å²) in [7, 11) is 0. The molecule has 0 aromatic carbocycles. The van der Waals surface area contributed by atoms with E-state index in [9.17, 15) is 19.2 Å². The molecule has 0 rings (SSSR count). The first-order chi connectivity index (χ1) is 19.2. The number of amides is 4. The monoisotopic (exact) mass is 636 g/mol. The van der Waals surface area contributed by atoms with Gasteiger partial charge in [0.2, 0.25) is 23.6 Å². The molecule has 0 fully saturated rings. The smallest absolute Gasteiger partial charge is 0.220 e. The van der Waals surface area contributed by atoms with Gasteiger partial charge in [0.05, 0.1) is 0 Å². The van der Waals surface area contributed by atoms with Crippen LogP contribution in [0.15, 0.2) is 0 Å². The quantitative estimate of drug-likeness (QED) is 0.122. The van der Waals surface area contributed by atoms with E-state index >= 15 is 0 Å². The van der Waals surface area contributed by atoms with Crippen molar-refractivity contribution in [2.75, 3.05) is 5.75 Å². The van der Waals surface area contributed by atoms with Crippen LogP contribution >= 0.6 is 25.3 Å². The topological polar surface area (TPSA) is 116 Å². The van der Waals surface area contributed by atoms with Crippen molar-refractivity contribution < 1.29 is 19.2 Å². The van der Waals surface area contributed by atoms with E-state index in [2.05, 4.69) is 67.3 Å². The fourth-order valence-corrected chi connectivity index (χ4v) is 3.16. The molecular weight excluding hydrogens is 569 g/mol. The van der Waals surface area contributed by atoms with Crippen molar-refractivity contribution in [1.29, 1.82) is 0 Å². The van der Waals surface area contributed by atoms with E-state index in [1.807, 2.05) is 69.2 Å². The Morgan fingerprint density at radius 2 is 0.929 bits per heavy atom. The van der Waals surface area contributed by atoms with E-state index in [1.165, 1.54) is 0 Å². The Balaban J connectivity index is -0.000000230. The molecule has 0 aromatic rings. The van der Waals surface area contributed by atoms with Gasteiger partial charge in [0.15, 0.2) is 0 Å². The standard InChI is InChI=1S/C10H21NO.C8H17NOS.C7H15NOS.C7H15NO/c1-8(2)11-9(12)6-7-10(3,4)5;1-6(2)9-8(10)5-4-7(3)11;1-6(2)8-7(9)4-3-5-10;1-4-5-7(9)8-6(2)3/h8H,6-7H2,1-5H3,(H,11,12);6-7,11H,4-5H2,1-3H3,(H,9,10);6,10H,3-5H2,1-2H3,(H,8,9);6H,4-5H2,1-3H3,(H,8,9). The molecule has 0 saturated heterocycles. The number of nitrogens with one attached hydrogen (secondary N) is 4. The van der Waals surface area contributed by atoms with E-state index in [1.54, 1.807) is 0 Å². The van der Waals surface area contributed by atoms with Gasteiger partial charge < -0.3 is 21.3 Å². The molecule has 10 heteroatoms. The zero-order valence-corrected chi connectivity index (χ0v) is 31.1. The number of carbonyl (C=O) groups is 4. The van der Waals surface area contributed by atoms with Crippen LogP contribution in [0.1, 0.15) is 141 Å². The lowest BCUT2D eigenvalue weighted by molar-refractivity contribution is -0.122. The second-order valence-corrected chi connectivity index (χ2v) is 14.2. The van der Waals surface area contributed by atoms with Crippen molar-refractivity contribution in [2.24, 2.45) is 5.41 Å². The van der Waals surface area contributed by atoms with Gasteiger partial charge in [0.1, 0.15) is 0 Å². The molecule has 42 heavy (non-hydrogen) atoms. The molecule has 1 atom stereocenters. The van der Waals surface area contributed by atoms with Crippen LogP contribution in [0.3, 0.4) is 0 Å². The van der Waals surface area contributed by atoms with Crippen molar-refractivity contribution in [3.05, 3.63) is 0 Å². The Morgan fingerprint density at radius 3 is 1.21 bits per heavy atom. The van der Waals surface area contributed by atoms with Gasteiger partial charge in [-0.25, -0.2) is 0 Å². The molecule has 0 aromatic heterocycles. The molecular formula is C32H68N4O4S2. The van der Waals surface area contributed by atoms with Gasteiger partial charge in [0, 0.05) is 49.9 Å². The fourth-order valence-electron chi connectivity index (χ4n) is 2.87. The summed E-state index contributed by atoms with van der Waals surface area (Å²) >= 11 is 8.19. The maximum Gasteiger partial charge on any atom is 0.220 e. The SMILES string of the molecule is CC(C)NC(=O)CCC(C)(C)C.CC(C)NC(=O)CCCS.CC(S)CCC(=O)NC(C)C.CCCC(=O)NC(C)C. The predicted octanol–water partition coefficient (Wildman–Crippen LogP) is 6.48. The van der Waals surface area contributed by atoms with E-state index < -0.39 is 0 Å². The van der Waals surface area contributed by atoms with Crippen LogP contribution < -0.4 is 21.3 Å². The maximum atomic E-state index is 11.2. The van der Waals surface area contributed by atoms with E-state index in [-0.39, 0.29) is 53.2 Å². The highest BCUT2D eigenvalue weighted by molar-refractivity contribution is 7.80. The van der Waals surface area contributed by atoms with Crippen LogP contribution in [0.2, 0.25) is 0 Å². The number of hydrogen-bond acceptors (Lipinski definition) is 6. The molecule has 8 nitrogen and oxygen atoms in total. The zero-order valence-electron chi connectivity index (χ0n) is 29.3. The molecule has 0 aliphatic carbocycles. The second kappa shape index (κ2) is 29.6. The molecule has 0 heterocycles. The normalized spacial score (nSPS) is 11.3. The molecule has 252 valence electrons. The summed E-state index contributed by atoms with van der Waals surface area (Å²) in [5.41, 5.74) is 0.258. The highest BCUT2D eigenvalue weighted by Gasteiger charge is 2.13. The Kier molecular flexibility index (Phi) is 33.5. The molecule has 0 aliphatic heterocycles. The molecule has 0 radical (unpaired) electrons. The van der Waals surface area contributed by atoms with Gasteiger partial charge >= 0.3 is 0 Å². The molecule has 4 N–H and O–H groups in total. The lowest BCUT2D eigenvalue weighted by atomic mass is 9.90. The molecule has 1 unspecified atom stereocenters. The highest BCUT2D eigenvalue weighted by atomic mass is 32.1. The number of rotatable bonds is 14. The fraction of sp³-hybridized carbons (Fsp3) is 0.875. The van der Waals surface area contributed by atoms with E-state index in [0.29, 0.717) is 30.9 Å². The molecule has 4 amide bonds. The first-order valence-corrected chi connectivity index (χ1v) is 16.8. The Bertz CT molecular complexity index is 692. The molecule has 0 aliphatic rings. The number of thiol groups is 2. The van der Waals surface area contributed by atoms with Gasteiger partial charge in [-0.05, 0) is 97.5 Å². The molecule has 0 spiro atoms. The third kappa shape index (κ3) is 51.3. The van der Waals surface area contributed by atoms with Crippen molar-refractivity contribution in [2.45, 2.75) is 171 Å². The highest BCUT2D eigenvalue weighted by Crippen LogP contribution is 2.20. The van der Waals surface area contributed by atoms with E-state index in [0.717, 1.165) is 31.4 Å². The van der Waals surface area contributed by atoms with Gasteiger partial charge in [-0.1, -0.05) is 34.6 Å². The summed E-state index contributed by atoms with van der Waals surface area (Å²) in [5.74, 6) is 1.36. The summed E-state index contributed by atoms with van der Waals surface area (Å²) in [4.78, 5) is 43.8. The minimum atomic E-state index is 0.126. The molecule has 0 bridgehead atoms. The van der Waals surface area contributed by atoms with Crippen LogP contribution in [0.25, 0.3) is 0 Å². The molecule has 0 saturated carbocycles. The number of hydrogen-bond donors (Lipinski definition) is 6. The second-order valence-electron chi connectivity index (χ2n) is 12.9. The van der Waals surface area contributed by atoms with Gasteiger partial charge in [-0.15, -0.1) is 0 Å². The van der Waals surface area contributed by atoms with Crippen molar-refractivity contribution in [1.82, 2.24) is 21.3 Å². The largest absolute Gasteiger partial charge is 0.354 e. The minimum Gasteiger partial charge on any atom is -0.354 e. The Morgan fingerprint density at radius 1 is 0.595 bits per heavy atom. The van der Waals surface area contributed by atoms with E-state index in [4.69, 9.17) is 0 Å². The minimum absolute atomic E-state index is 0.126. The van der Waals surface area contributed by atoms with Crippen LogP contribution in [0, 0.1) is 5.41 Å². The predicted molar refractivity (Wildman–Crippen MR) is 187 cm³/mol. The summed E-state index contributed by atoms with van der Waals surface area (Å²) in [6.07, 6.45) is 6.07. The average Bonchev–Trinajstić information content (AvgIpc) is 2.79. The lowest BCUT2D eigenvalue weighted by Crippen LogP contribution is -2.30. The van der Waals surface area contributed by atoms with Gasteiger partial charge in [0.25, 0.3) is 0 Å². The van der Waals surface area contributed by atoms with Crippen LogP contribution in [-0.4, -0.2) is 58.8 Å². The third-order valence-electron chi connectivity index (χ3n) is 4.73.